The van der Waals surface area contributed by atoms with Gasteiger partial charge in [-0.2, -0.15) is 0 Å². The second-order valence-corrected chi connectivity index (χ2v) is 10.5. The maximum Gasteiger partial charge on any atom is 0.276 e. The summed E-state index contributed by atoms with van der Waals surface area (Å²) < 4.78 is 45.4. The van der Waals surface area contributed by atoms with Crippen molar-refractivity contribution in [2.75, 3.05) is 47.9 Å². The van der Waals surface area contributed by atoms with Gasteiger partial charge in [-0.1, -0.05) is 11.8 Å². The Morgan fingerprint density at radius 3 is 2.11 bits per heavy atom. The lowest BCUT2D eigenvalue weighted by Crippen LogP contribution is -2.12. The van der Waals surface area contributed by atoms with E-state index in [1.54, 1.807) is 36.4 Å². The van der Waals surface area contributed by atoms with Crippen LogP contribution in [-0.2, 0) is 0 Å². The molecule has 0 aliphatic rings. The van der Waals surface area contributed by atoms with Crippen molar-refractivity contribution in [2.24, 2.45) is 0 Å². The molecule has 0 saturated heterocycles. The van der Waals surface area contributed by atoms with E-state index < -0.39 is 10.4 Å². The predicted molar refractivity (Wildman–Crippen MR) is 168 cm³/mol. The lowest BCUT2D eigenvalue weighted by Gasteiger charge is -2.16. The van der Waals surface area contributed by atoms with Gasteiger partial charge in [0, 0.05) is 41.1 Å². The van der Waals surface area contributed by atoms with Crippen LogP contribution in [0.1, 0.15) is 6.42 Å². The van der Waals surface area contributed by atoms with Gasteiger partial charge < -0.3 is 37.3 Å². The number of benzene rings is 3. The molecule has 3 aromatic carbocycles. The van der Waals surface area contributed by atoms with E-state index >= 15 is 0 Å². The number of methoxy groups -OCH3 is 5. The van der Waals surface area contributed by atoms with Crippen molar-refractivity contribution in [1.29, 1.82) is 0 Å². The third-order valence-electron chi connectivity index (χ3n) is 6.77. The van der Waals surface area contributed by atoms with Crippen LogP contribution in [0.2, 0.25) is 0 Å². The number of aromatic nitrogens is 2. The highest BCUT2D eigenvalue weighted by Gasteiger charge is 2.24. The molecule has 5 rings (SSSR count). The quantitative estimate of drug-likeness (QED) is 0.0591. The predicted octanol–water partition coefficient (Wildman–Crippen LogP) is 6.02. The topological polar surface area (TPSA) is 168 Å². The van der Waals surface area contributed by atoms with E-state index in [9.17, 15) is 14.9 Å². The highest BCUT2D eigenvalue weighted by molar-refractivity contribution is 7.99. The maximum absolute atomic E-state index is 13.9. The molecule has 0 atom stereocenters. The number of hydrogen-bond acceptors (Lipinski definition) is 14. The van der Waals surface area contributed by atoms with Crippen molar-refractivity contribution in [3.8, 4) is 57.3 Å². The van der Waals surface area contributed by atoms with Crippen LogP contribution in [-0.4, -0.2) is 63.0 Å². The van der Waals surface area contributed by atoms with Gasteiger partial charge in [-0.15, -0.1) is 10.2 Å². The summed E-state index contributed by atoms with van der Waals surface area (Å²) in [6.45, 7) is 0.141. The van der Waals surface area contributed by atoms with E-state index in [-0.39, 0.29) is 46.4 Å². The summed E-state index contributed by atoms with van der Waals surface area (Å²) in [6.07, 6.45) is 0.492. The number of fused-ring (bicyclic) bond motifs is 1. The summed E-state index contributed by atoms with van der Waals surface area (Å²) in [4.78, 5) is 24.4. The molecule has 15 heteroatoms. The minimum atomic E-state index is -0.482. The number of rotatable bonds is 14. The van der Waals surface area contributed by atoms with Crippen molar-refractivity contribution in [2.45, 2.75) is 11.6 Å². The van der Waals surface area contributed by atoms with Gasteiger partial charge in [0.2, 0.25) is 22.8 Å². The van der Waals surface area contributed by atoms with E-state index in [4.69, 9.17) is 37.3 Å². The average molecular weight is 652 g/mol. The SMILES string of the molecule is COc1cc(OC)c2c(=O)c(OCCCSc3nnc(-c4ccc([N+](=O)[O-])cc4)o3)c(-c3cc(OC)c(OC)c(OC)c3)oc2c1. The highest BCUT2D eigenvalue weighted by Crippen LogP contribution is 2.44. The fourth-order valence-corrected chi connectivity index (χ4v) is 5.23. The van der Waals surface area contributed by atoms with E-state index in [0.29, 0.717) is 51.5 Å². The molecule has 2 aromatic heterocycles. The first kappa shape index (κ1) is 32.0. The highest BCUT2D eigenvalue weighted by atomic mass is 32.2. The van der Waals surface area contributed by atoms with Crippen LogP contribution < -0.4 is 33.8 Å². The average Bonchev–Trinajstić information content (AvgIpc) is 3.56. The van der Waals surface area contributed by atoms with E-state index in [1.165, 1.54) is 59.4 Å². The Hall–Kier alpha value is -5.44. The number of non-ortho nitro benzene ring substituents is 1. The smallest absolute Gasteiger partial charge is 0.276 e. The molecule has 0 saturated carbocycles. The van der Waals surface area contributed by atoms with Gasteiger partial charge in [0.15, 0.2) is 17.3 Å². The minimum Gasteiger partial charge on any atom is -0.496 e. The molecule has 0 N–H and O–H groups in total. The molecule has 5 aromatic rings. The fraction of sp³-hybridized carbons (Fsp3) is 0.258. The summed E-state index contributed by atoms with van der Waals surface area (Å²) in [6, 6.07) is 12.3. The van der Waals surface area contributed by atoms with E-state index in [1.807, 2.05) is 0 Å². The van der Waals surface area contributed by atoms with Crippen molar-refractivity contribution in [3.63, 3.8) is 0 Å². The van der Waals surface area contributed by atoms with Crippen LogP contribution in [0.5, 0.6) is 34.5 Å². The Kier molecular flexibility index (Phi) is 9.81. The molecule has 0 amide bonds. The van der Waals surface area contributed by atoms with Crippen molar-refractivity contribution >= 4 is 28.4 Å². The Bertz CT molecular complexity index is 1900. The van der Waals surface area contributed by atoms with Crippen LogP contribution in [0.4, 0.5) is 5.69 Å². The van der Waals surface area contributed by atoms with Crippen molar-refractivity contribution in [1.82, 2.24) is 10.2 Å². The zero-order chi connectivity index (χ0) is 32.8. The van der Waals surface area contributed by atoms with Gasteiger partial charge >= 0.3 is 0 Å². The van der Waals surface area contributed by atoms with Gasteiger partial charge in [0.1, 0.15) is 22.5 Å². The van der Waals surface area contributed by atoms with Gasteiger partial charge in [-0.3, -0.25) is 14.9 Å². The Morgan fingerprint density at radius 2 is 1.50 bits per heavy atom. The number of hydrogen-bond donors (Lipinski definition) is 0. The summed E-state index contributed by atoms with van der Waals surface area (Å²) in [7, 11) is 7.41. The number of nitrogens with zero attached hydrogens (tertiary/aromatic N) is 3. The third kappa shape index (κ3) is 6.49. The molecular weight excluding hydrogens is 622 g/mol. The zero-order valence-electron chi connectivity index (χ0n) is 25.5. The summed E-state index contributed by atoms with van der Waals surface area (Å²) >= 11 is 1.30. The maximum atomic E-state index is 13.9. The molecule has 14 nitrogen and oxygen atoms in total. The molecule has 240 valence electrons. The molecule has 0 aliphatic heterocycles. The Labute approximate surface area is 266 Å². The molecule has 0 bridgehead atoms. The first-order valence-corrected chi connectivity index (χ1v) is 14.7. The van der Waals surface area contributed by atoms with Crippen LogP contribution >= 0.6 is 11.8 Å². The number of nitro groups is 1. The molecule has 46 heavy (non-hydrogen) atoms. The van der Waals surface area contributed by atoms with Crippen molar-refractivity contribution in [3.05, 3.63) is 68.9 Å². The van der Waals surface area contributed by atoms with Gasteiger partial charge in [0.25, 0.3) is 10.9 Å². The summed E-state index contributed by atoms with van der Waals surface area (Å²) in [5, 5.41) is 19.5. The van der Waals surface area contributed by atoms with E-state index in [0.717, 1.165) is 0 Å². The number of ether oxygens (including phenoxy) is 6. The largest absolute Gasteiger partial charge is 0.496 e. The molecule has 0 fully saturated rings. The van der Waals surface area contributed by atoms with Crippen LogP contribution in [0.25, 0.3) is 33.7 Å². The second-order valence-electron chi connectivity index (χ2n) is 9.43. The summed E-state index contributed by atoms with van der Waals surface area (Å²) in [5.41, 5.74) is 0.757. The Morgan fingerprint density at radius 1 is 0.804 bits per heavy atom. The first-order valence-electron chi connectivity index (χ1n) is 13.7. The standard InChI is InChI=1S/C31H29N3O11S/c1-38-20-15-21(39-2)25-22(16-20)44-27(18-13-23(40-3)28(42-5)24(14-18)41-4)29(26(25)35)43-11-6-12-46-31-33-32-30(45-31)17-7-9-19(10-8-17)34(36)37/h7-10,13-16H,6,11-12H2,1-5H3. The monoisotopic (exact) mass is 651 g/mol. The fourth-order valence-electron chi connectivity index (χ4n) is 4.56. The molecule has 0 unspecified atom stereocenters. The molecule has 0 radical (unpaired) electrons. The Balaban J connectivity index is 1.40. The molecule has 0 spiro atoms. The van der Waals surface area contributed by atoms with E-state index in [2.05, 4.69) is 10.2 Å². The molecule has 2 heterocycles. The van der Waals surface area contributed by atoms with Crippen LogP contribution in [0.3, 0.4) is 0 Å². The third-order valence-corrected chi connectivity index (χ3v) is 7.67. The van der Waals surface area contributed by atoms with Crippen LogP contribution in [0.15, 0.2) is 67.4 Å². The molecular formula is C31H29N3O11S. The zero-order valence-corrected chi connectivity index (χ0v) is 26.3. The first-order chi connectivity index (χ1) is 22.3. The lowest BCUT2D eigenvalue weighted by molar-refractivity contribution is -0.384. The molecule has 0 aliphatic carbocycles. The second kappa shape index (κ2) is 14.1. The van der Waals surface area contributed by atoms with Gasteiger partial charge in [0.05, 0.1) is 47.1 Å². The normalized spacial score (nSPS) is 10.9. The van der Waals surface area contributed by atoms with Crippen LogP contribution in [0, 0.1) is 10.1 Å². The number of thioether (sulfide) groups is 1. The summed E-state index contributed by atoms with van der Waals surface area (Å²) in [5.74, 6) is 2.65. The van der Waals surface area contributed by atoms with Crippen molar-refractivity contribution < 1.29 is 42.2 Å². The van der Waals surface area contributed by atoms with Gasteiger partial charge in [-0.25, -0.2) is 0 Å². The lowest BCUT2D eigenvalue weighted by atomic mass is 10.1. The van der Waals surface area contributed by atoms with Gasteiger partial charge in [-0.05, 0) is 30.7 Å². The number of nitro benzene ring substituents is 1. The minimum absolute atomic E-state index is 0.0338.